The van der Waals surface area contributed by atoms with Crippen molar-refractivity contribution in [2.75, 3.05) is 5.32 Å². The number of halogens is 2. The Morgan fingerprint density at radius 3 is 3.00 bits per heavy atom. The second-order valence-corrected chi connectivity index (χ2v) is 5.97. The van der Waals surface area contributed by atoms with Gasteiger partial charge in [-0.2, -0.15) is 0 Å². The van der Waals surface area contributed by atoms with E-state index in [4.69, 9.17) is 16.7 Å². The number of nitrogens with zero attached hydrogens (tertiary/aromatic N) is 1. The SMILES string of the molecule is O=C(O)Cc1csc(Nc2ccc(I)cc2Cl)n1. The molecule has 2 aromatic rings. The maximum absolute atomic E-state index is 10.6. The van der Waals surface area contributed by atoms with Crippen molar-refractivity contribution in [2.45, 2.75) is 6.42 Å². The van der Waals surface area contributed by atoms with Gasteiger partial charge in [0.25, 0.3) is 0 Å². The van der Waals surface area contributed by atoms with E-state index >= 15 is 0 Å². The average Bonchev–Trinajstić information content (AvgIpc) is 2.69. The van der Waals surface area contributed by atoms with E-state index in [1.54, 1.807) is 5.38 Å². The van der Waals surface area contributed by atoms with Gasteiger partial charge in [-0.25, -0.2) is 4.98 Å². The van der Waals surface area contributed by atoms with Crippen LogP contribution in [0.4, 0.5) is 10.8 Å². The second kappa shape index (κ2) is 5.85. The molecule has 1 heterocycles. The Morgan fingerprint density at radius 1 is 1.56 bits per heavy atom. The quantitative estimate of drug-likeness (QED) is 0.775. The Kier molecular flexibility index (Phi) is 4.41. The predicted molar refractivity (Wildman–Crippen MR) is 80.9 cm³/mol. The van der Waals surface area contributed by atoms with Crippen LogP contribution in [0.15, 0.2) is 23.6 Å². The number of benzene rings is 1. The van der Waals surface area contributed by atoms with Gasteiger partial charge in [0.05, 0.1) is 22.8 Å². The molecular formula is C11H8ClIN2O2S. The molecule has 0 spiro atoms. The summed E-state index contributed by atoms with van der Waals surface area (Å²) in [5.41, 5.74) is 1.30. The van der Waals surface area contributed by atoms with E-state index in [-0.39, 0.29) is 6.42 Å². The predicted octanol–water partition coefficient (Wildman–Crippen LogP) is 3.77. The number of hydrogen-bond donors (Lipinski definition) is 2. The minimum Gasteiger partial charge on any atom is -0.481 e. The first-order chi connectivity index (χ1) is 8.54. The molecule has 7 heteroatoms. The molecule has 1 aromatic carbocycles. The van der Waals surface area contributed by atoms with Gasteiger partial charge < -0.3 is 10.4 Å². The van der Waals surface area contributed by atoms with Crippen molar-refractivity contribution < 1.29 is 9.90 Å². The molecule has 0 fully saturated rings. The summed E-state index contributed by atoms with van der Waals surface area (Å²) in [6, 6.07) is 5.64. The van der Waals surface area contributed by atoms with Crippen molar-refractivity contribution in [1.82, 2.24) is 4.98 Å². The van der Waals surface area contributed by atoms with E-state index in [2.05, 4.69) is 32.9 Å². The van der Waals surface area contributed by atoms with Gasteiger partial charge in [-0.05, 0) is 40.8 Å². The maximum Gasteiger partial charge on any atom is 0.309 e. The molecule has 94 valence electrons. The first-order valence-corrected chi connectivity index (χ1v) is 7.26. The van der Waals surface area contributed by atoms with Crippen LogP contribution in [0.2, 0.25) is 5.02 Å². The van der Waals surface area contributed by atoms with Gasteiger partial charge in [0.1, 0.15) is 0 Å². The fraction of sp³-hybridized carbons (Fsp3) is 0.0909. The molecule has 0 unspecified atom stereocenters. The normalized spacial score (nSPS) is 10.3. The zero-order valence-electron chi connectivity index (χ0n) is 8.98. The van der Waals surface area contributed by atoms with Crippen molar-refractivity contribution in [1.29, 1.82) is 0 Å². The van der Waals surface area contributed by atoms with Crippen LogP contribution in [0.3, 0.4) is 0 Å². The number of hydrogen-bond acceptors (Lipinski definition) is 4. The van der Waals surface area contributed by atoms with Crippen molar-refractivity contribution in [3.8, 4) is 0 Å². The molecule has 18 heavy (non-hydrogen) atoms. The summed E-state index contributed by atoms with van der Waals surface area (Å²) in [7, 11) is 0. The molecule has 0 bridgehead atoms. The Hall–Kier alpha value is -0.860. The Morgan fingerprint density at radius 2 is 2.33 bits per heavy atom. The molecule has 0 aliphatic carbocycles. The summed E-state index contributed by atoms with van der Waals surface area (Å²) >= 11 is 9.62. The summed E-state index contributed by atoms with van der Waals surface area (Å²) in [5, 5.41) is 14.7. The number of thiazole rings is 1. The van der Waals surface area contributed by atoms with Gasteiger partial charge in [-0.3, -0.25) is 4.79 Å². The van der Waals surface area contributed by atoms with Gasteiger partial charge in [0.15, 0.2) is 5.13 Å². The van der Waals surface area contributed by atoms with Crippen LogP contribution >= 0.6 is 45.5 Å². The zero-order valence-corrected chi connectivity index (χ0v) is 12.7. The molecule has 0 amide bonds. The Bertz CT molecular complexity index is 588. The van der Waals surface area contributed by atoms with Crippen LogP contribution < -0.4 is 5.32 Å². The van der Waals surface area contributed by atoms with E-state index in [1.165, 1.54) is 11.3 Å². The molecule has 4 nitrogen and oxygen atoms in total. The topological polar surface area (TPSA) is 62.2 Å². The Balaban J connectivity index is 2.13. The molecule has 0 saturated carbocycles. The van der Waals surface area contributed by atoms with Crippen molar-refractivity contribution >= 4 is 62.3 Å². The summed E-state index contributed by atoms with van der Waals surface area (Å²) in [5.74, 6) is -0.890. The van der Waals surface area contributed by atoms with E-state index in [1.807, 2.05) is 18.2 Å². The monoisotopic (exact) mass is 394 g/mol. The molecule has 1 aromatic heterocycles. The lowest BCUT2D eigenvalue weighted by atomic mass is 10.3. The first-order valence-electron chi connectivity index (χ1n) is 4.93. The molecule has 0 atom stereocenters. The molecule has 0 radical (unpaired) electrons. The lowest BCUT2D eigenvalue weighted by Crippen LogP contribution is -2.00. The van der Waals surface area contributed by atoms with Crippen molar-refractivity contribution in [3.05, 3.63) is 37.9 Å². The molecule has 2 N–H and O–H groups in total. The molecular weight excluding hydrogens is 387 g/mol. The van der Waals surface area contributed by atoms with Crippen LogP contribution in [0.5, 0.6) is 0 Å². The third-order valence-electron chi connectivity index (χ3n) is 2.06. The number of carboxylic acid groups (broad SMARTS) is 1. The van der Waals surface area contributed by atoms with Crippen LogP contribution in [-0.2, 0) is 11.2 Å². The number of carboxylic acids is 1. The highest BCUT2D eigenvalue weighted by Crippen LogP contribution is 2.28. The van der Waals surface area contributed by atoms with Crippen molar-refractivity contribution in [3.63, 3.8) is 0 Å². The fourth-order valence-corrected chi connectivity index (χ4v) is 2.93. The highest BCUT2D eigenvalue weighted by Gasteiger charge is 2.07. The maximum atomic E-state index is 10.6. The summed E-state index contributed by atoms with van der Waals surface area (Å²) in [6.45, 7) is 0. The van der Waals surface area contributed by atoms with Crippen LogP contribution in [-0.4, -0.2) is 16.1 Å². The van der Waals surface area contributed by atoms with E-state index < -0.39 is 5.97 Å². The number of aromatic nitrogens is 1. The smallest absolute Gasteiger partial charge is 0.309 e. The number of anilines is 2. The van der Waals surface area contributed by atoms with Gasteiger partial charge >= 0.3 is 5.97 Å². The third kappa shape index (κ3) is 3.56. The van der Waals surface area contributed by atoms with Crippen LogP contribution in [0, 0.1) is 3.57 Å². The highest BCUT2D eigenvalue weighted by molar-refractivity contribution is 14.1. The average molecular weight is 395 g/mol. The molecule has 0 saturated heterocycles. The van der Waals surface area contributed by atoms with Gasteiger partial charge in [-0.15, -0.1) is 11.3 Å². The number of aliphatic carboxylic acids is 1. The van der Waals surface area contributed by atoms with E-state index in [0.29, 0.717) is 15.8 Å². The van der Waals surface area contributed by atoms with Crippen LogP contribution in [0.1, 0.15) is 5.69 Å². The fourth-order valence-electron chi connectivity index (χ4n) is 1.31. The second-order valence-electron chi connectivity index (χ2n) is 3.46. The van der Waals surface area contributed by atoms with Gasteiger partial charge in [-0.1, -0.05) is 11.6 Å². The highest BCUT2D eigenvalue weighted by atomic mass is 127. The number of carbonyl (C=O) groups is 1. The first kappa shape index (κ1) is 13.6. The minimum atomic E-state index is -0.890. The summed E-state index contributed by atoms with van der Waals surface area (Å²) in [4.78, 5) is 14.7. The number of nitrogens with one attached hydrogen (secondary N) is 1. The van der Waals surface area contributed by atoms with E-state index in [9.17, 15) is 4.79 Å². The molecule has 2 rings (SSSR count). The standard InChI is InChI=1S/C11H8ClIN2O2S/c12-8-3-6(13)1-2-9(8)15-11-14-7(5-18-11)4-10(16)17/h1-3,5H,4H2,(H,14,15)(H,16,17). The summed E-state index contributed by atoms with van der Waals surface area (Å²) in [6.07, 6.45) is -0.0708. The summed E-state index contributed by atoms with van der Waals surface area (Å²) < 4.78 is 1.05. The zero-order chi connectivity index (χ0) is 13.1. The minimum absolute atomic E-state index is 0.0708. The lowest BCUT2D eigenvalue weighted by Gasteiger charge is -2.05. The van der Waals surface area contributed by atoms with Gasteiger partial charge in [0, 0.05) is 8.95 Å². The molecule has 0 aliphatic heterocycles. The Labute approximate surface area is 126 Å². The van der Waals surface area contributed by atoms with Crippen LogP contribution in [0.25, 0.3) is 0 Å². The van der Waals surface area contributed by atoms with Crippen molar-refractivity contribution in [2.24, 2.45) is 0 Å². The molecule has 0 aliphatic rings. The largest absolute Gasteiger partial charge is 0.481 e. The number of rotatable bonds is 4. The third-order valence-corrected chi connectivity index (χ3v) is 3.85. The van der Waals surface area contributed by atoms with Gasteiger partial charge in [0.2, 0.25) is 0 Å². The lowest BCUT2D eigenvalue weighted by molar-refractivity contribution is -0.136. The van der Waals surface area contributed by atoms with E-state index in [0.717, 1.165) is 9.26 Å².